The lowest BCUT2D eigenvalue weighted by atomic mass is 10.0. The van der Waals surface area contributed by atoms with E-state index in [-0.39, 0.29) is 17.8 Å². The smallest absolute Gasteiger partial charge is 0.326 e. The van der Waals surface area contributed by atoms with E-state index < -0.39 is 18.0 Å². The van der Waals surface area contributed by atoms with Crippen molar-refractivity contribution in [3.63, 3.8) is 0 Å². The Bertz CT molecular complexity index is 300. The molecular weight excluding hydrogens is 280 g/mol. The molecule has 0 aromatic heterocycles. The number of nitrogens with one attached hydrogen (secondary N) is 2. The van der Waals surface area contributed by atoms with Gasteiger partial charge in [0.15, 0.2) is 0 Å². The summed E-state index contributed by atoms with van der Waals surface area (Å²) in [5, 5.41) is 14.2. The molecule has 0 aliphatic carbocycles. The molecule has 0 aliphatic rings. The topological polar surface area (TPSA) is 87.7 Å². The average molecular weight is 306 g/mol. The number of methoxy groups -OCH3 is 1. The lowest BCUT2D eigenvalue weighted by Crippen LogP contribution is -2.49. The first-order valence-corrected chi connectivity index (χ1v) is 7.98. The summed E-state index contributed by atoms with van der Waals surface area (Å²) in [6.45, 7) is 4.97. The molecule has 0 saturated heterocycles. The predicted octanol–water partition coefficient (Wildman–Crippen LogP) is 1.70. The second-order valence-corrected chi connectivity index (χ2v) is 5.87. The Labute approximate surface area is 125 Å². The van der Waals surface area contributed by atoms with Crippen LogP contribution in [0, 0.1) is 0 Å². The van der Waals surface area contributed by atoms with E-state index in [1.165, 1.54) is 7.11 Å². The Morgan fingerprint density at radius 1 is 1.35 bits per heavy atom. The summed E-state index contributed by atoms with van der Waals surface area (Å²) in [7, 11) is 1.49. The van der Waals surface area contributed by atoms with Crippen molar-refractivity contribution in [2.24, 2.45) is 0 Å². The molecule has 2 amide bonds. The fourth-order valence-electron chi connectivity index (χ4n) is 1.80. The van der Waals surface area contributed by atoms with E-state index in [9.17, 15) is 9.59 Å². The molecule has 6 nitrogen and oxygen atoms in total. The van der Waals surface area contributed by atoms with Crippen LogP contribution in [0.2, 0.25) is 0 Å². The third-order valence-corrected chi connectivity index (χ3v) is 5.09. The fourth-order valence-corrected chi connectivity index (χ4v) is 2.60. The zero-order valence-electron chi connectivity index (χ0n) is 12.7. The summed E-state index contributed by atoms with van der Waals surface area (Å²) in [6, 6.07) is -1.38. The number of hydrogen-bond donors (Lipinski definition) is 3. The van der Waals surface area contributed by atoms with Crippen LogP contribution in [0.4, 0.5) is 4.79 Å². The first kappa shape index (κ1) is 19.1. The van der Waals surface area contributed by atoms with E-state index in [0.29, 0.717) is 6.54 Å². The molecule has 7 heteroatoms. The highest BCUT2D eigenvalue weighted by Gasteiger charge is 2.26. The van der Waals surface area contributed by atoms with Crippen LogP contribution < -0.4 is 10.6 Å². The third-order valence-electron chi connectivity index (χ3n) is 3.51. The number of carbonyl (C=O) groups excluding carboxylic acids is 1. The van der Waals surface area contributed by atoms with Crippen molar-refractivity contribution in [2.45, 2.75) is 43.9 Å². The van der Waals surface area contributed by atoms with Gasteiger partial charge < -0.3 is 20.5 Å². The van der Waals surface area contributed by atoms with E-state index in [0.717, 1.165) is 12.8 Å². The number of carboxylic acid groups (broad SMARTS) is 1. The standard InChI is InChI=1S/C13H26N2O4S/c1-5-13(6-2,20-4)9-14-12(18)15-10(11(16)17)7-8-19-3/h10H,5-9H2,1-4H3,(H,16,17)(H2,14,15,18). The number of rotatable bonds is 10. The SMILES string of the molecule is CCC(CC)(CNC(=O)NC(CCOC)C(=O)O)SC. The molecule has 1 atom stereocenters. The van der Waals surface area contributed by atoms with Crippen molar-refractivity contribution >= 4 is 23.8 Å². The van der Waals surface area contributed by atoms with Gasteiger partial charge in [0.1, 0.15) is 6.04 Å². The van der Waals surface area contributed by atoms with Crippen LogP contribution in [0.5, 0.6) is 0 Å². The molecule has 20 heavy (non-hydrogen) atoms. The molecule has 3 N–H and O–H groups in total. The highest BCUT2D eigenvalue weighted by Crippen LogP contribution is 2.29. The second kappa shape index (κ2) is 9.88. The van der Waals surface area contributed by atoms with Gasteiger partial charge in [-0.05, 0) is 19.1 Å². The number of ether oxygens (including phenoxy) is 1. The van der Waals surface area contributed by atoms with Crippen LogP contribution in [0.25, 0.3) is 0 Å². The number of hydrogen-bond acceptors (Lipinski definition) is 4. The summed E-state index contributed by atoms with van der Waals surface area (Å²) in [5.41, 5.74) is 0. The van der Waals surface area contributed by atoms with Crippen LogP contribution in [-0.4, -0.2) is 54.4 Å². The van der Waals surface area contributed by atoms with Crippen molar-refractivity contribution in [3.8, 4) is 0 Å². The van der Waals surface area contributed by atoms with Gasteiger partial charge in [-0.3, -0.25) is 0 Å². The quantitative estimate of drug-likeness (QED) is 0.572. The Hall–Kier alpha value is -0.950. The van der Waals surface area contributed by atoms with Gasteiger partial charge >= 0.3 is 12.0 Å². The fraction of sp³-hybridized carbons (Fsp3) is 0.846. The summed E-state index contributed by atoms with van der Waals surface area (Å²) in [5.74, 6) is -1.06. The molecule has 0 aliphatic heterocycles. The van der Waals surface area contributed by atoms with Crippen molar-refractivity contribution in [3.05, 3.63) is 0 Å². The van der Waals surface area contributed by atoms with Gasteiger partial charge in [0, 0.05) is 31.4 Å². The average Bonchev–Trinajstić information content (AvgIpc) is 2.45. The first-order chi connectivity index (χ1) is 9.44. The molecule has 0 aromatic rings. The Morgan fingerprint density at radius 3 is 2.35 bits per heavy atom. The van der Waals surface area contributed by atoms with E-state index in [1.807, 2.05) is 6.26 Å². The first-order valence-electron chi connectivity index (χ1n) is 6.76. The Kier molecular flexibility index (Phi) is 9.41. The van der Waals surface area contributed by atoms with Crippen molar-refractivity contribution in [1.82, 2.24) is 10.6 Å². The largest absolute Gasteiger partial charge is 0.480 e. The molecule has 0 aromatic carbocycles. The Morgan fingerprint density at radius 2 is 1.95 bits per heavy atom. The van der Waals surface area contributed by atoms with Crippen molar-refractivity contribution < 1.29 is 19.4 Å². The van der Waals surface area contributed by atoms with Crippen LogP contribution in [0.15, 0.2) is 0 Å². The molecule has 1 unspecified atom stereocenters. The number of carbonyl (C=O) groups is 2. The molecule has 0 heterocycles. The lowest BCUT2D eigenvalue weighted by molar-refractivity contribution is -0.139. The molecule has 0 bridgehead atoms. The van der Waals surface area contributed by atoms with E-state index >= 15 is 0 Å². The molecular formula is C13H26N2O4S. The van der Waals surface area contributed by atoms with Crippen molar-refractivity contribution in [1.29, 1.82) is 0 Å². The lowest BCUT2D eigenvalue weighted by Gasteiger charge is -2.30. The molecule has 0 fully saturated rings. The Balaban J connectivity index is 4.35. The minimum absolute atomic E-state index is 0.00257. The maximum atomic E-state index is 11.8. The third kappa shape index (κ3) is 6.47. The van der Waals surface area contributed by atoms with Crippen molar-refractivity contribution in [2.75, 3.05) is 26.5 Å². The zero-order chi connectivity index (χ0) is 15.6. The number of thioether (sulfide) groups is 1. The highest BCUT2D eigenvalue weighted by molar-refractivity contribution is 8.00. The van der Waals surface area contributed by atoms with Gasteiger partial charge in [-0.1, -0.05) is 13.8 Å². The van der Waals surface area contributed by atoms with Gasteiger partial charge in [-0.15, -0.1) is 0 Å². The van der Waals surface area contributed by atoms with E-state index in [2.05, 4.69) is 24.5 Å². The van der Waals surface area contributed by atoms with E-state index in [1.54, 1.807) is 11.8 Å². The molecule has 0 saturated carbocycles. The summed E-state index contributed by atoms with van der Waals surface area (Å²) in [6.07, 6.45) is 4.15. The molecule has 0 rings (SSSR count). The number of carboxylic acids is 1. The van der Waals surface area contributed by atoms with Gasteiger partial charge in [0.05, 0.1) is 0 Å². The van der Waals surface area contributed by atoms with Gasteiger partial charge in [0.2, 0.25) is 0 Å². The molecule has 0 radical (unpaired) electrons. The molecule has 0 spiro atoms. The number of amides is 2. The van der Waals surface area contributed by atoms with Crippen LogP contribution >= 0.6 is 11.8 Å². The minimum Gasteiger partial charge on any atom is -0.480 e. The maximum absolute atomic E-state index is 11.8. The second-order valence-electron chi connectivity index (χ2n) is 4.59. The molecule has 118 valence electrons. The van der Waals surface area contributed by atoms with Crippen LogP contribution in [-0.2, 0) is 9.53 Å². The normalized spacial score (nSPS) is 12.8. The van der Waals surface area contributed by atoms with Gasteiger partial charge in [-0.25, -0.2) is 9.59 Å². The van der Waals surface area contributed by atoms with Crippen LogP contribution in [0.1, 0.15) is 33.1 Å². The van der Waals surface area contributed by atoms with Crippen LogP contribution in [0.3, 0.4) is 0 Å². The highest BCUT2D eigenvalue weighted by atomic mass is 32.2. The number of urea groups is 1. The van der Waals surface area contributed by atoms with E-state index in [4.69, 9.17) is 9.84 Å². The summed E-state index contributed by atoms with van der Waals surface area (Å²) >= 11 is 1.72. The number of aliphatic carboxylic acids is 1. The minimum atomic E-state index is -1.06. The van der Waals surface area contributed by atoms with Gasteiger partial charge in [-0.2, -0.15) is 11.8 Å². The maximum Gasteiger partial charge on any atom is 0.326 e. The summed E-state index contributed by atoms with van der Waals surface area (Å²) in [4.78, 5) is 22.8. The predicted molar refractivity (Wildman–Crippen MR) is 81.3 cm³/mol. The summed E-state index contributed by atoms with van der Waals surface area (Å²) < 4.78 is 4.83. The zero-order valence-corrected chi connectivity index (χ0v) is 13.5. The van der Waals surface area contributed by atoms with Gasteiger partial charge in [0.25, 0.3) is 0 Å². The monoisotopic (exact) mass is 306 g/mol.